The number of amides is 1. The zero-order valence-electron chi connectivity index (χ0n) is 13.0. The van der Waals surface area contributed by atoms with E-state index in [1.165, 1.54) is 31.4 Å². The molecule has 0 saturated carbocycles. The number of carbonyl (C=O) groups is 1. The Labute approximate surface area is 139 Å². The topological polar surface area (TPSA) is 47.6 Å². The van der Waals surface area contributed by atoms with E-state index in [2.05, 4.69) is 5.32 Å². The molecule has 0 bridgehead atoms. The predicted molar refractivity (Wildman–Crippen MR) is 87.9 cm³/mol. The molecule has 6 heteroatoms. The van der Waals surface area contributed by atoms with E-state index in [4.69, 9.17) is 21.1 Å². The highest BCUT2D eigenvalue weighted by Gasteiger charge is 2.17. The number of carbonyl (C=O) groups excluding carboxylic acids is 1. The van der Waals surface area contributed by atoms with Crippen LogP contribution in [-0.4, -0.2) is 19.1 Å². The van der Waals surface area contributed by atoms with Gasteiger partial charge in [0.25, 0.3) is 5.91 Å². The number of anilines is 1. The molecule has 0 aliphatic rings. The lowest BCUT2D eigenvalue weighted by Gasteiger charge is -2.17. The SMILES string of the molecule is COc1cc(Cl)c(C)cc1NC(=O)C(C)Oc1ccc(F)cc1. The molecule has 0 aromatic heterocycles. The highest BCUT2D eigenvalue weighted by atomic mass is 35.5. The van der Waals surface area contributed by atoms with Gasteiger partial charge in [-0.2, -0.15) is 0 Å². The standard InChI is InChI=1S/C17H17ClFNO3/c1-10-8-15(16(22-3)9-14(10)18)20-17(21)11(2)23-13-6-4-12(19)5-7-13/h4-9,11H,1-3H3,(H,20,21). The normalized spacial score (nSPS) is 11.7. The van der Waals surface area contributed by atoms with Crippen LogP contribution < -0.4 is 14.8 Å². The van der Waals surface area contributed by atoms with Crippen molar-refractivity contribution in [1.29, 1.82) is 0 Å². The lowest BCUT2D eigenvalue weighted by molar-refractivity contribution is -0.122. The van der Waals surface area contributed by atoms with E-state index in [-0.39, 0.29) is 11.7 Å². The van der Waals surface area contributed by atoms with Crippen LogP contribution >= 0.6 is 11.6 Å². The molecule has 1 atom stereocenters. The summed E-state index contributed by atoms with van der Waals surface area (Å²) in [6.45, 7) is 3.43. The first-order valence-corrected chi connectivity index (χ1v) is 7.35. The summed E-state index contributed by atoms with van der Waals surface area (Å²) < 4.78 is 23.6. The molecular weight excluding hydrogens is 321 g/mol. The van der Waals surface area contributed by atoms with Crippen molar-refractivity contribution in [2.75, 3.05) is 12.4 Å². The summed E-state index contributed by atoms with van der Waals surface area (Å²) in [5, 5.41) is 3.29. The van der Waals surface area contributed by atoms with Gasteiger partial charge in [-0.3, -0.25) is 4.79 Å². The summed E-state index contributed by atoms with van der Waals surface area (Å²) in [5.74, 6) is 0.154. The molecule has 0 radical (unpaired) electrons. The molecule has 2 aromatic rings. The minimum absolute atomic E-state index is 0.352. The van der Waals surface area contributed by atoms with E-state index in [0.29, 0.717) is 22.2 Å². The summed E-state index contributed by atoms with van der Waals surface area (Å²) in [6.07, 6.45) is -0.763. The lowest BCUT2D eigenvalue weighted by atomic mass is 10.2. The quantitative estimate of drug-likeness (QED) is 0.889. The van der Waals surface area contributed by atoms with Gasteiger partial charge in [0.2, 0.25) is 0 Å². The van der Waals surface area contributed by atoms with Gasteiger partial charge >= 0.3 is 0 Å². The van der Waals surface area contributed by atoms with Crippen molar-refractivity contribution in [3.05, 3.63) is 52.8 Å². The van der Waals surface area contributed by atoms with Gasteiger partial charge in [0.05, 0.1) is 12.8 Å². The predicted octanol–water partition coefficient (Wildman–Crippen LogP) is 4.20. The third-order valence-corrected chi connectivity index (χ3v) is 3.64. The van der Waals surface area contributed by atoms with E-state index < -0.39 is 6.10 Å². The highest BCUT2D eigenvalue weighted by Crippen LogP contribution is 2.31. The first kappa shape index (κ1) is 17.1. The van der Waals surface area contributed by atoms with Crippen molar-refractivity contribution in [3.63, 3.8) is 0 Å². The van der Waals surface area contributed by atoms with Gasteiger partial charge in [-0.25, -0.2) is 4.39 Å². The molecule has 0 aliphatic heterocycles. The number of aryl methyl sites for hydroxylation is 1. The monoisotopic (exact) mass is 337 g/mol. The number of hydrogen-bond donors (Lipinski definition) is 1. The molecule has 0 aliphatic carbocycles. The third-order valence-electron chi connectivity index (χ3n) is 3.23. The molecule has 1 amide bonds. The summed E-state index contributed by atoms with van der Waals surface area (Å²) in [7, 11) is 1.50. The number of benzene rings is 2. The maximum Gasteiger partial charge on any atom is 0.265 e. The molecule has 1 N–H and O–H groups in total. The lowest BCUT2D eigenvalue weighted by Crippen LogP contribution is -2.30. The van der Waals surface area contributed by atoms with E-state index in [9.17, 15) is 9.18 Å². The molecule has 1 unspecified atom stereocenters. The molecule has 2 aromatic carbocycles. The molecule has 4 nitrogen and oxygen atoms in total. The van der Waals surface area contributed by atoms with Crippen LogP contribution in [0.1, 0.15) is 12.5 Å². The molecule has 0 fully saturated rings. The summed E-state index contributed by atoms with van der Waals surface area (Å²) in [4.78, 5) is 12.2. The maximum absolute atomic E-state index is 12.9. The van der Waals surface area contributed by atoms with Crippen LogP contribution in [0, 0.1) is 12.7 Å². The van der Waals surface area contributed by atoms with Gasteiger partial charge in [-0.15, -0.1) is 0 Å². The number of nitrogens with one attached hydrogen (secondary N) is 1. The van der Waals surface area contributed by atoms with E-state index >= 15 is 0 Å². The van der Waals surface area contributed by atoms with Crippen LogP contribution in [0.2, 0.25) is 5.02 Å². The van der Waals surface area contributed by atoms with Gasteiger partial charge in [0, 0.05) is 11.1 Å². The first-order valence-electron chi connectivity index (χ1n) is 6.98. The van der Waals surface area contributed by atoms with Crippen LogP contribution in [-0.2, 0) is 4.79 Å². The molecule has 0 saturated heterocycles. The fourth-order valence-electron chi connectivity index (χ4n) is 1.93. The zero-order chi connectivity index (χ0) is 17.0. The minimum atomic E-state index is -0.763. The second-order valence-electron chi connectivity index (χ2n) is 5.00. The maximum atomic E-state index is 12.9. The Kier molecular flexibility index (Phi) is 5.45. The van der Waals surface area contributed by atoms with Gasteiger partial charge in [-0.1, -0.05) is 11.6 Å². The second-order valence-corrected chi connectivity index (χ2v) is 5.41. The smallest absolute Gasteiger partial charge is 0.265 e. The minimum Gasteiger partial charge on any atom is -0.495 e. The van der Waals surface area contributed by atoms with Crippen LogP contribution in [0.3, 0.4) is 0 Å². The number of rotatable bonds is 5. The van der Waals surface area contributed by atoms with Crippen molar-refractivity contribution < 1.29 is 18.7 Å². The summed E-state index contributed by atoms with van der Waals surface area (Å²) in [6, 6.07) is 8.83. The van der Waals surface area contributed by atoms with Gasteiger partial charge in [0.15, 0.2) is 6.10 Å². The average Bonchev–Trinajstić information content (AvgIpc) is 2.52. The largest absolute Gasteiger partial charge is 0.495 e. The van der Waals surface area contributed by atoms with Gasteiger partial charge < -0.3 is 14.8 Å². The summed E-state index contributed by atoms with van der Waals surface area (Å²) >= 11 is 6.04. The molecular formula is C17H17ClFNO3. The Balaban J connectivity index is 2.09. The average molecular weight is 338 g/mol. The van der Waals surface area contributed by atoms with Crippen molar-refractivity contribution >= 4 is 23.2 Å². The fourth-order valence-corrected chi connectivity index (χ4v) is 2.09. The van der Waals surface area contributed by atoms with Crippen LogP contribution in [0.5, 0.6) is 11.5 Å². The Morgan fingerprint density at radius 2 is 1.91 bits per heavy atom. The first-order chi connectivity index (χ1) is 10.9. The molecule has 122 valence electrons. The van der Waals surface area contributed by atoms with Crippen molar-refractivity contribution in [3.8, 4) is 11.5 Å². The number of halogens is 2. The Morgan fingerprint density at radius 1 is 1.26 bits per heavy atom. The molecule has 0 spiro atoms. The molecule has 2 rings (SSSR count). The fraction of sp³-hybridized carbons (Fsp3) is 0.235. The second kappa shape index (κ2) is 7.33. The van der Waals surface area contributed by atoms with Crippen molar-refractivity contribution in [1.82, 2.24) is 0 Å². The van der Waals surface area contributed by atoms with Crippen molar-refractivity contribution in [2.24, 2.45) is 0 Å². The van der Waals surface area contributed by atoms with Crippen LogP contribution in [0.25, 0.3) is 0 Å². The molecule has 23 heavy (non-hydrogen) atoms. The van der Waals surface area contributed by atoms with Gasteiger partial charge in [-0.05, 0) is 49.7 Å². The zero-order valence-corrected chi connectivity index (χ0v) is 13.8. The van der Waals surface area contributed by atoms with Crippen LogP contribution in [0.15, 0.2) is 36.4 Å². The molecule has 0 heterocycles. The third kappa shape index (κ3) is 4.36. The number of methoxy groups -OCH3 is 1. The van der Waals surface area contributed by atoms with E-state index in [1.807, 2.05) is 6.92 Å². The van der Waals surface area contributed by atoms with E-state index in [0.717, 1.165) is 5.56 Å². The Hall–Kier alpha value is -2.27. The summed E-state index contributed by atoms with van der Waals surface area (Å²) in [5.41, 5.74) is 1.32. The highest BCUT2D eigenvalue weighted by molar-refractivity contribution is 6.31. The van der Waals surface area contributed by atoms with Crippen molar-refractivity contribution in [2.45, 2.75) is 20.0 Å². The van der Waals surface area contributed by atoms with Crippen LogP contribution in [0.4, 0.5) is 10.1 Å². The Bertz CT molecular complexity index is 704. The van der Waals surface area contributed by atoms with E-state index in [1.54, 1.807) is 19.1 Å². The number of hydrogen-bond acceptors (Lipinski definition) is 3. The van der Waals surface area contributed by atoms with Gasteiger partial charge in [0.1, 0.15) is 17.3 Å². The Morgan fingerprint density at radius 3 is 2.52 bits per heavy atom. The number of ether oxygens (including phenoxy) is 2.